The van der Waals surface area contributed by atoms with Crippen LogP contribution in [-0.4, -0.2) is 33.8 Å². The number of nitrogens with one attached hydrogen (secondary N) is 1. The van der Waals surface area contributed by atoms with Gasteiger partial charge in [0.1, 0.15) is 18.9 Å². The minimum Gasteiger partial charge on any atom is -0.492 e. The first-order valence-electron chi connectivity index (χ1n) is 7.70. The number of hydrogen-bond donors (Lipinski definition) is 1. The first-order valence-corrected chi connectivity index (χ1v) is 7.70. The Hall–Kier alpha value is -3.15. The predicted octanol–water partition coefficient (Wildman–Crippen LogP) is 2.14. The molecule has 0 saturated heterocycles. The van der Waals surface area contributed by atoms with Gasteiger partial charge in [-0.1, -0.05) is 18.2 Å². The molecule has 0 spiro atoms. The van der Waals surface area contributed by atoms with Crippen molar-refractivity contribution in [2.75, 3.05) is 13.2 Å². The maximum Gasteiger partial charge on any atom is 0.241 e. The van der Waals surface area contributed by atoms with E-state index in [4.69, 9.17) is 4.74 Å². The molecule has 0 saturated carbocycles. The number of aromatic nitrogens is 3. The number of carbonyl (C=O) groups excluding carboxylic acids is 1. The van der Waals surface area contributed by atoms with E-state index in [0.29, 0.717) is 13.2 Å². The number of carbonyl (C=O) groups is 1. The van der Waals surface area contributed by atoms with Crippen molar-refractivity contribution in [2.24, 2.45) is 0 Å². The predicted molar refractivity (Wildman–Crippen MR) is 90.4 cm³/mol. The Bertz CT molecular complexity index is 772. The average Bonchev–Trinajstić information content (AvgIpc) is 3.08. The van der Waals surface area contributed by atoms with Crippen molar-refractivity contribution in [3.63, 3.8) is 0 Å². The van der Waals surface area contributed by atoms with E-state index < -0.39 is 0 Å². The van der Waals surface area contributed by atoms with E-state index >= 15 is 0 Å². The summed E-state index contributed by atoms with van der Waals surface area (Å²) in [4.78, 5) is 16.1. The number of hydrogen-bond acceptors (Lipinski definition) is 4. The van der Waals surface area contributed by atoms with Crippen LogP contribution >= 0.6 is 0 Å². The fourth-order valence-electron chi connectivity index (χ4n) is 2.29. The van der Waals surface area contributed by atoms with Crippen LogP contribution in [0.25, 0.3) is 11.3 Å². The van der Waals surface area contributed by atoms with Gasteiger partial charge in [0.05, 0.1) is 12.2 Å². The maximum absolute atomic E-state index is 12.1. The van der Waals surface area contributed by atoms with Gasteiger partial charge < -0.3 is 10.1 Å². The van der Waals surface area contributed by atoms with Crippen LogP contribution in [0.5, 0.6) is 5.75 Å². The molecule has 122 valence electrons. The molecule has 0 radical (unpaired) electrons. The van der Waals surface area contributed by atoms with Gasteiger partial charge in [-0.25, -0.2) is 0 Å². The second-order valence-corrected chi connectivity index (χ2v) is 5.12. The number of rotatable bonds is 7. The van der Waals surface area contributed by atoms with Gasteiger partial charge in [-0.2, -0.15) is 5.10 Å². The van der Waals surface area contributed by atoms with Crippen LogP contribution in [0.1, 0.15) is 0 Å². The van der Waals surface area contributed by atoms with Gasteiger partial charge in [0.25, 0.3) is 0 Å². The van der Waals surface area contributed by atoms with Gasteiger partial charge >= 0.3 is 0 Å². The van der Waals surface area contributed by atoms with Gasteiger partial charge in [0, 0.05) is 24.2 Å². The lowest BCUT2D eigenvalue weighted by Crippen LogP contribution is -2.31. The fraction of sp³-hybridized carbons (Fsp3) is 0.167. The van der Waals surface area contributed by atoms with E-state index in [9.17, 15) is 4.79 Å². The summed E-state index contributed by atoms with van der Waals surface area (Å²) in [6.07, 6.45) is 5.11. The quantitative estimate of drug-likeness (QED) is 0.677. The van der Waals surface area contributed by atoms with Gasteiger partial charge in [-0.05, 0) is 30.3 Å². The Labute approximate surface area is 140 Å². The standard InChI is InChI=1S/C18H18N4O2/c23-18(20-12-13-24-16-4-2-1-3-5-16)14-22-17(8-11-21-22)15-6-9-19-10-7-15/h1-11H,12-14H2,(H,20,23). The van der Waals surface area contributed by atoms with Crippen molar-refractivity contribution in [1.82, 2.24) is 20.1 Å². The molecule has 0 aliphatic carbocycles. The van der Waals surface area contributed by atoms with Crippen LogP contribution in [0, 0.1) is 0 Å². The summed E-state index contributed by atoms with van der Waals surface area (Å²) in [6, 6.07) is 15.2. The van der Waals surface area contributed by atoms with Crippen LogP contribution in [0.4, 0.5) is 0 Å². The Kier molecular flexibility index (Phi) is 5.19. The topological polar surface area (TPSA) is 69.0 Å². The molecule has 3 rings (SSSR count). The average molecular weight is 322 g/mol. The molecule has 24 heavy (non-hydrogen) atoms. The molecule has 0 aliphatic heterocycles. The van der Waals surface area contributed by atoms with E-state index in [1.165, 1.54) is 0 Å². The lowest BCUT2D eigenvalue weighted by Gasteiger charge is -2.09. The van der Waals surface area contributed by atoms with E-state index in [0.717, 1.165) is 17.0 Å². The van der Waals surface area contributed by atoms with Gasteiger partial charge in [-0.3, -0.25) is 14.5 Å². The summed E-state index contributed by atoms with van der Waals surface area (Å²) in [5.74, 6) is 0.685. The normalized spacial score (nSPS) is 10.3. The molecule has 0 fully saturated rings. The maximum atomic E-state index is 12.1. The van der Waals surface area contributed by atoms with Crippen molar-refractivity contribution in [3.05, 3.63) is 67.1 Å². The highest BCUT2D eigenvalue weighted by Crippen LogP contribution is 2.17. The monoisotopic (exact) mass is 322 g/mol. The van der Waals surface area contributed by atoms with Gasteiger partial charge in [0.2, 0.25) is 5.91 Å². The third kappa shape index (κ3) is 4.19. The summed E-state index contributed by atoms with van der Waals surface area (Å²) in [6.45, 7) is 1.03. The van der Waals surface area contributed by atoms with Crippen molar-refractivity contribution in [1.29, 1.82) is 0 Å². The summed E-state index contributed by atoms with van der Waals surface area (Å²) in [5.41, 5.74) is 1.86. The first kappa shape index (κ1) is 15.7. The molecule has 0 atom stereocenters. The molecule has 6 nitrogen and oxygen atoms in total. The lowest BCUT2D eigenvalue weighted by molar-refractivity contribution is -0.121. The Morgan fingerprint density at radius 1 is 1.04 bits per heavy atom. The minimum atomic E-state index is -0.106. The molecular formula is C18H18N4O2. The number of nitrogens with zero attached hydrogens (tertiary/aromatic N) is 3. The van der Waals surface area contributed by atoms with E-state index in [-0.39, 0.29) is 12.5 Å². The van der Waals surface area contributed by atoms with Crippen LogP contribution in [-0.2, 0) is 11.3 Å². The molecule has 1 aromatic carbocycles. The number of pyridine rings is 1. The largest absolute Gasteiger partial charge is 0.492 e. The molecule has 3 aromatic rings. The van der Waals surface area contributed by atoms with E-state index in [2.05, 4.69) is 15.4 Å². The van der Waals surface area contributed by atoms with Crippen molar-refractivity contribution < 1.29 is 9.53 Å². The molecule has 0 unspecified atom stereocenters. The third-order valence-electron chi connectivity index (χ3n) is 3.42. The Balaban J connectivity index is 1.48. The zero-order chi connectivity index (χ0) is 16.6. The molecule has 2 aromatic heterocycles. The van der Waals surface area contributed by atoms with E-state index in [1.807, 2.05) is 48.5 Å². The number of para-hydroxylation sites is 1. The molecule has 1 amide bonds. The summed E-state index contributed by atoms with van der Waals surface area (Å²) < 4.78 is 7.21. The van der Waals surface area contributed by atoms with Crippen LogP contribution in [0.15, 0.2) is 67.1 Å². The highest BCUT2D eigenvalue weighted by Gasteiger charge is 2.09. The third-order valence-corrected chi connectivity index (χ3v) is 3.42. The minimum absolute atomic E-state index is 0.106. The second kappa shape index (κ2) is 7.92. The van der Waals surface area contributed by atoms with Crippen molar-refractivity contribution in [3.8, 4) is 17.0 Å². The highest BCUT2D eigenvalue weighted by molar-refractivity contribution is 5.76. The summed E-state index contributed by atoms with van der Waals surface area (Å²) in [7, 11) is 0. The number of ether oxygens (including phenoxy) is 1. The Morgan fingerprint density at radius 3 is 2.62 bits per heavy atom. The van der Waals surface area contributed by atoms with Crippen molar-refractivity contribution >= 4 is 5.91 Å². The van der Waals surface area contributed by atoms with Gasteiger partial charge in [-0.15, -0.1) is 0 Å². The number of amides is 1. The SMILES string of the molecule is O=C(Cn1nccc1-c1ccncc1)NCCOc1ccccc1. The molecular weight excluding hydrogens is 304 g/mol. The molecule has 1 N–H and O–H groups in total. The summed E-state index contributed by atoms with van der Waals surface area (Å²) >= 11 is 0. The molecule has 0 bridgehead atoms. The van der Waals surface area contributed by atoms with Crippen molar-refractivity contribution in [2.45, 2.75) is 6.54 Å². The lowest BCUT2D eigenvalue weighted by atomic mass is 10.2. The first-order chi connectivity index (χ1) is 11.8. The van der Waals surface area contributed by atoms with Crippen LogP contribution < -0.4 is 10.1 Å². The molecule has 2 heterocycles. The fourth-order valence-corrected chi connectivity index (χ4v) is 2.29. The second-order valence-electron chi connectivity index (χ2n) is 5.12. The zero-order valence-corrected chi connectivity index (χ0v) is 13.1. The zero-order valence-electron chi connectivity index (χ0n) is 13.1. The smallest absolute Gasteiger partial charge is 0.241 e. The Morgan fingerprint density at radius 2 is 1.83 bits per heavy atom. The molecule has 6 heteroatoms. The van der Waals surface area contributed by atoms with Crippen LogP contribution in [0.3, 0.4) is 0 Å². The number of benzene rings is 1. The highest BCUT2D eigenvalue weighted by atomic mass is 16.5. The van der Waals surface area contributed by atoms with Gasteiger partial charge in [0.15, 0.2) is 0 Å². The molecule has 0 aliphatic rings. The van der Waals surface area contributed by atoms with E-state index in [1.54, 1.807) is 23.3 Å². The summed E-state index contributed by atoms with van der Waals surface area (Å²) in [5, 5.41) is 7.05. The van der Waals surface area contributed by atoms with Crippen LogP contribution in [0.2, 0.25) is 0 Å².